The smallest absolute Gasteiger partial charge is 0.229 e. The highest BCUT2D eigenvalue weighted by molar-refractivity contribution is 6.28. The minimum absolute atomic E-state index is 0.0748. The van der Waals surface area contributed by atoms with Crippen LogP contribution < -0.4 is 4.74 Å². The van der Waals surface area contributed by atoms with Gasteiger partial charge in [0, 0.05) is 17.2 Å². The van der Waals surface area contributed by atoms with Crippen molar-refractivity contribution in [3.63, 3.8) is 0 Å². The second kappa shape index (κ2) is 4.49. The van der Waals surface area contributed by atoms with E-state index in [0.717, 1.165) is 10.8 Å². The maximum Gasteiger partial charge on any atom is 0.229 e. The zero-order chi connectivity index (χ0) is 14.3. The summed E-state index contributed by atoms with van der Waals surface area (Å²) in [5, 5.41) is 1.57. The molecular formula is C16H12O4. The zero-order valence-corrected chi connectivity index (χ0v) is 11.1. The van der Waals surface area contributed by atoms with Crippen LogP contribution in [-0.2, 0) is 4.74 Å². The SMILES string of the molecule is COC1=CC(=O)c2ccc3cc(OC)ccc3c2C1=O. The van der Waals surface area contributed by atoms with Crippen LogP contribution in [-0.4, -0.2) is 25.8 Å². The number of benzene rings is 2. The van der Waals surface area contributed by atoms with Gasteiger partial charge in [0.1, 0.15) is 5.75 Å². The van der Waals surface area contributed by atoms with Crippen LogP contribution in [0.15, 0.2) is 42.2 Å². The molecule has 0 heterocycles. The van der Waals surface area contributed by atoms with Gasteiger partial charge in [0.25, 0.3) is 0 Å². The quantitative estimate of drug-likeness (QED) is 0.840. The molecule has 4 heteroatoms. The van der Waals surface area contributed by atoms with Gasteiger partial charge in [0.15, 0.2) is 11.5 Å². The Morgan fingerprint density at radius 2 is 1.75 bits per heavy atom. The van der Waals surface area contributed by atoms with E-state index >= 15 is 0 Å². The molecule has 0 amide bonds. The van der Waals surface area contributed by atoms with Gasteiger partial charge in [-0.05, 0) is 35.0 Å². The minimum atomic E-state index is -0.266. The van der Waals surface area contributed by atoms with Gasteiger partial charge in [-0.15, -0.1) is 0 Å². The molecule has 4 nitrogen and oxygen atoms in total. The highest BCUT2D eigenvalue weighted by Crippen LogP contribution is 2.31. The summed E-state index contributed by atoms with van der Waals surface area (Å²) in [6, 6.07) is 8.87. The lowest BCUT2D eigenvalue weighted by Crippen LogP contribution is -2.18. The van der Waals surface area contributed by atoms with Gasteiger partial charge >= 0.3 is 0 Å². The van der Waals surface area contributed by atoms with E-state index in [2.05, 4.69) is 0 Å². The topological polar surface area (TPSA) is 52.6 Å². The lowest BCUT2D eigenvalue weighted by molar-refractivity contribution is 0.0918. The third-order valence-electron chi connectivity index (χ3n) is 3.43. The molecule has 2 aromatic rings. The molecule has 2 aromatic carbocycles. The minimum Gasteiger partial charge on any atom is -0.497 e. The molecule has 0 aliphatic heterocycles. The van der Waals surface area contributed by atoms with Crippen molar-refractivity contribution in [1.29, 1.82) is 0 Å². The normalized spacial score (nSPS) is 14.0. The zero-order valence-electron chi connectivity index (χ0n) is 11.1. The number of ether oxygens (including phenoxy) is 2. The number of hydrogen-bond acceptors (Lipinski definition) is 4. The van der Waals surface area contributed by atoms with Gasteiger partial charge in [-0.1, -0.05) is 6.07 Å². The maximum atomic E-state index is 12.4. The summed E-state index contributed by atoms with van der Waals surface area (Å²) in [5.41, 5.74) is 0.808. The molecular weight excluding hydrogens is 256 g/mol. The Morgan fingerprint density at radius 3 is 2.45 bits per heavy atom. The lowest BCUT2D eigenvalue weighted by atomic mass is 9.89. The summed E-state index contributed by atoms with van der Waals surface area (Å²) in [5.74, 6) is 0.299. The van der Waals surface area contributed by atoms with E-state index in [9.17, 15) is 9.59 Å². The molecule has 0 saturated carbocycles. The molecule has 1 aliphatic carbocycles. The average Bonchev–Trinajstić information content (AvgIpc) is 2.49. The van der Waals surface area contributed by atoms with Crippen molar-refractivity contribution in [3.05, 3.63) is 53.3 Å². The van der Waals surface area contributed by atoms with E-state index in [1.165, 1.54) is 13.2 Å². The van der Waals surface area contributed by atoms with Crippen LogP contribution in [0, 0.1) is 0 Å². The van der Waals surface area contributed by atoms with Gasteiger partial charge in [0.05, 0.1) is 14.2 Å². The molecule has 20 heavy (non-hydrogen) atoms. The number of methoxy groups -OCH3 is 2. The molecule has 0 saturated heterocycles. The van der Waals surface area contributed by atoms with Crippen LogP contribution in [0.25, 0.3) is 10.8 Å². The van der Waals surface area contributed by atoms with E-state index in [-0.39, 0.29) is 17.3 Å². The number of carbonyl (C=O) groups excluding carboxylic acids is 2. The predicted molar refractivity (Wildman–Crippen MR) is 74.3 cm³/mol. The first kappa shape index (κ1) is 12.4. The molecule has 1 aliphatic rings. The van der Waals surface area contributed by atoms with E-state index in [1.807, 2.05) is 12.1 Å². The number of carbonyl (C=O) groups is 2. The summed E-state index contributed by atoms with van der Waals surface area (Å²) in [4.78, 5) is 24.4. The van der Waals surface area contributed by atoms with Crippen molar-refractivity contribution < 1.29 is 19.1 Å². The number of fused-ring (bicyclic) bond motifs is 3. The first-order valence-electron chi connectivity index (χ1n) is 6.11. The summed E-state index contributed by atoms with van der Waals surface area (Å²) in [6.45, 7) is 0. The summed E-state index contributed by atoms with van der Waals surface area (Å²) < 4.78 is 10.2. The fourth-order valence-corrected chi connectivity index (χ4v) is 2.42. The average molecular weight is 268 g/mol. The van der Waals surface area contributed by atoms with Gasteiger partial charge < -0.3 is 9.47 Å². The Bertz CT molecular complexity index is 771. The van der Waals surface area contributed by atoms with Crippen LogP contribution in [0.3, 0.4) is 0 Å². The van der Waals surface area contributed by atoms with Crippen molar-refractivity contribution in [2.45, 2.75) is 0 Å². The Morgan fingerprint density at radius 1 is 0.950 bits per heavy atom. The monoisotopic (exact) mass is 268 g/mol. The maximum absolute atomic E-state index is 12.4. The lowest BCUT2D eigenvalue weighted by Gasteiger charge is -2.16. The van der Waals surface area contributed by atoms with Gasteiger partial charge in [0.2, 0.25) is 5.78 Å². The molecule has 0 aromatic heterocycles. The van der Waals surface area contributed by atoms with E-state index in [4.69, 9.17) is 9.47 Å². The third-order valence-corrected chi connectivity index (χ3v) is 3.43. The number of allylic oxidation sites excluding steroid dienone is 2. The first-order valence-corrected chi connectivity index (χ1v) is 6.11. The van der Waals surface area contributed by atoms with Crippen molar-refractivity contribution in [2.75, 3.05) is 14.2 Å². The molecule has 100 valence electrons. The molecule has 0 fully saturated rings. The van der Waals surface area contributed by atoms with E-state index < -0.39 is 0 Å². The summed E-state index contributed by atoms with van der Waals surface area (Å²) in [7, 11) is 2.97. The molecule has 0 bridgehead atoms. The predicted octanol–water partition coefficient (Wildman–Crippen LogP) is 2.76. The fraction of sp³-hybridized carbons (Fsp3) is 0.125. The molecule has 0 radical (unpaired) electrons. The van der Waals surface area contributed by atoms with Crippen molar-refractivity contribution >= 4 is 22.3 Å². The Labute approximate surface area is 115 Å². The van der Waals surface area contributed by atoms with Gasteiger partial charge in [-0.3, -0.25) is 9.59 Å². The second-order valence-corrected chi connectivity index (χ2v) is 4.48. The van der Waals surface area contributed by atoms with Crippen LogP contribution >= 0.6 is 0 Å². The highest BCUT2D eigenvalue weighted by Gasteiger charge is 2.28. The largest absolute Gasteiger partial charge is 0.497 e. The van der Waals surface area contributed by atoms with Crippen molar-refractivity contribution in [1.82, 2.24) is 0 Å². The van der Waals surface area contributed by atoms with Crippen molar-refractivity contribution in [2.24, 2.45) is 0 Å². The van der Waals surface area contributed by atoms with Crippen LogP contribution in [0.2, 0.25) is 0 Å². The summed E-state index contributed by atoms with van der Waals surface area (Å²) >= 11 is 0. The molecule has 0 atom stereocenters. The Kier molecular flexibility index (Phi) is 2.79. The van der Waals surface area contributed by atoms with Crippen LogP contribution in [0.5, 0.6) is 5.75 Å². The standard InChI is InChI=1S/C16H12O4/c1-19-10-4-6-11-9(7-10)3-5-12-13(17)8-14(20-2)16(18)15(11)12/h3-8H,1-2H3. The van der Waals surface area contributed by atoms with Gasteiger partial charge in [-0.2, -0.15) is 0 Å². The molecule has 0 spiro atoms. The Hall–Kier alpha value is -2.62. The van der Waals surface area contributed by atoms with Gasteiger partial charge in [-0.25, -0.2) is 0 Å². The summed E-state index contributed by atoms with van der Waals surface area (Å²) in [6.07, 6.45) is 1.24. The molecule has 0 N–H and O–H groups in total. The second-order valence-electron chi connectivity index (χ2n) is 4.48. The van der Waals surface area contributed by atoms with Crippen molar-refractivity contribution in [3.8, 4) is 5.75 Å². The third kappa shape index (κ3) is 1.69. The highest BCUT2D eigenvalue weighted by atomic mass is 16.5. The number of hydrogen-bond donors (Lipinski definition) is 0. The molecule has 0 unspecified atom stereocenters. The van der Waals surface area contributed by atoms with Crippen LogP contribution in [0.4, 0.5) is 0 Å². The van der Waals surface area contributed by atoms with E-state index in [1.54, 1.807) is 25.3 Å². The first-order chi connectivity index (χ1) is 9.65. The Balaban J connectivity index is 2.32. The fourth-order valence-electron chi connectivity index (χ4n) is 2.42. The number of rotatable bonds is 2. The number of ketones is 2. The van der Waals surface area contributed by atoms with Crippen LogP contribution in [0.1, 0.15) is 20.7 Å². The number of Topliss-reactive ketones (excluding diaryl/α,β-unsaturated/α-hetero) is 1. The van der Waals surface area contributed by atoms with E-state index in [0.29, 0.717) is 16.9 Å². The molecule has 3 rings (SSSR count).